The summed E-state index contributed by atoms with van der Waals surface area (Å²) in [7, 11) is 0. The Labute approximate surface area is 181 Å². The van der Waals surface area contributed by atoms with Crippen LogP contribution < -0.4 is 10.6 Å². The molecule has 3 rings (SSSR count). The quantitative estimate of drug-likeness (QED) is 0.749. The average Bonchev–Trinajstić information content (AvgIpc) is 2.67. The summed E-state index contributed by atoms with van der Waals surface area (Å²) in [6.07, 6.45) is 3.94. The SMILES string of the molecule is CC1CC(C)CN(C(=O)c2ccccc2NC(=O)CC(C)C2CCNCC2)C1.Cl. The summed E-state index contributed by atoms with van der Waals surface area (Å²) in [6.45, 7) is 10.2. The van der Waals surface area contributed by atoms with E-state index in [4.69, 9.17) is 0 Å². The molecular formula is C23H36ClN3O2. The minimum atomic E-state index is 0. The number of amides is 2. The maximum absolute atomic E-state index is 13.1. The van der Waals surface area contributed by atoms with Crippen LogP contribution >= 0.6 is 12.4 Å². The van der Waals surface area contributed by atoms with E-state index >= 15 is 0 Å². The van der Waals surface area contributed by atoms with Crippen LogP contribution in [-0.2, 0) is 4.79 Å². The predicted octanol–water partition coefficient (Wildman–Crippen LogP) is 4.19. The van der Waals surface area contributed by atoms with Crippen LogP contribution in [0.4, 0.5) is 5.69 Å². The fourth-order valence-electron chi connectivity index (χ4n) is 4.85. The van der Waals surface area contributed by atoms with E-state index in [-0.39, 0.29) is 24.2 Å². The van der Waals surface area contributed by atoms with Crippen molar-refractivity contribution in [1.82, 2.24) is 10.2 Å². The summed E-state index contributed by atoms with van der Waals surface area (Å²) in [5, 5.41) is 6.40. The first kappa shape index (κ1) is 23.7. The van der Waals surface area contributed by atoms with Crippen LogP contribution in [0.5, 0.6) is 0 Å². The summed E-state index contributed by atoms with van der Waals surface area (Å²) in [6, 6.07) is 7.43. The molecule has 3 unspecified atom stereocenters. The van der Waals surface area contributed by atoms with E-state index in [1.54, 1.807) is 0 Å². The highest BCUT2D eigenvalue weighted by Crippen LogP contribution is 2.27. The fourth-order valence-corrected chi connectivity index (χ4v) is 4.85. The smallest absolute Gasteiger partial charge is 0.255 e. The largest absolute Gasteiger partial charge is 0.338 e. The van der Waals surface area contributed by atoms with Gasteiger partial charge in [0.15, 0.2) is 0 Å². The number of nitrogens with one attached hydrogen (secondary N) is 2. The molecule has 0 radical (unpaired) electrons. The first-order valence-electron chi connectivity index (χ1n) is 10.8. The minimum absolute atomic E-state index is 0. The van der Waals surface area contributed by atoms with Gasteiger partial charge in [-0.15, -0.1) is 12.4 Å². The molecule has 1 aromatic rings. The van der Waals surface area contributed by atoms with E-state index in [9.17, 15) is 9.59 Å². The highest BCUT2D eigenvalue weighted by molar-refractivity contribution is 6.03. The number of halogens is 1. The third kappa shape index (κ3) is 6.45. The molecule has 2 N–H and O–H groups in total. The van der Waals surface area contributed by atoms with Gasteiger partial charge in [0.05, 0.1) is 11.3 Å². The lowest BCUT2D eigenvalue weighted by Gasteiger charge is -2.35. The van der Waals surface area contributed by atoms with Crippen LogP contribution in [0, 0.1) is 23.7 Å². The Balaban J connectivity index is 0.00000300. The molecule has 2 saturated heterocycles. The molecule has 5 nitrogen and oxygen atoms in total. The zero-order valence-corrected chi connectivity index (χ0v) is 18.8. The molecule has 2 amide bonds. The standard InChI is InChI=1S/C23H35N3O2.ClH/c1-16-12-17(2)15-26(14-16)23(28)20-6-4-5-7-21(20)25-22(27)13-18(3)19-8-10-24-11-9-19;/h4-7,16-19,24H,8-15H2,1-3H3,(H,25,27);1H. The van der Waals surface area contributed by atoms with E-state index in [1.807, 2.05) is 29.2 Å². The number of anilines is 1. The molecular weight excluding hydrogens is 386 g/mol. The first-order chi connectivity index (χ1) is 13.4. The van der Waals surface area contributed by atoms with Crippen molar-refractivity contribution in [2.24, 2.45) is 23.7 Å². The van der Waals surface area contributed by atoms with Crippen molar-refractivity contribution in [3.63, 3.8) is 0 Å². The van der Waals surface area contributed by atoms with Crippen molar-refractivity contribution in [1.29, 1.82) is 0 Å². The van der Waals surface area contributed by atoms with Crippen molar-refractivity contribution < 1.29 is 9.59 Å². The van der Waals surface area contributed by atoms with Gasteiger partial charge in [0.2, 0.25) is 5.91 Å². The van der Waals surface area contributed by atoms with Gasteiger partial charge in [0, 0.05) is 19.5 Å². The van der Waals surface area contributed by atoms with Crippen molar-refractivity contribution in [2.75, 3.05) is 31.5 Å². The van der Waals surface area contributed by atoms with E-state index < -0.39 is 0 Å². The van der Waals surface area contributed by atoms with Crippen molar-refractivity contribution in [3.8, 4) is 0 Å². The van der Waals surface area contributed by atoms with Gasteiger partial charge in [-0.25, -0.2) is 0 Å². The number of rotatable bonds is 5. The molecule has 2 aliphatic rings. The number of benzene rings is 1. The summed E-state index contributed by atoms with van der Waals surface area (Å²) in [5.41, 5.74) is 1.24. The summed E-state index contributed by atoms with van der Waals surface area (Å²) in [4.78, 5) is 27.7. The molecule has 0 aliphatic carbocycles. The predicted molar refractivity (Wildman–Crippen MR) is 121 cm³/mol. The summed E-state index contributed by atoms with van der Waals surface area (Å²) < 4.78 is 0. The van der Waals surface area contributed by atoms with Gasteiger partial charge < -0.3 is 15.5 Å². The summed E-state index contributed by atoms with van der Waals surface area (Å²) >= 11 is 0. The average molecular weight is 422 g/mol. The monoisotopic (exact) mass is 421 g/mol. The third-order valence-corrected chi connectivity index (χ3v) is 6.28. The Morgan fingerprint density at radius 1 is 1.14 bits per heavy atom. The lowest BCUT2D eigenvalue weighted by Crippen LogP contribution is -2.42. The number of piperidine rings is 2. The van der Waals surface area contributed by atoms with E-state index in [1.165, 1.54) is 0 Å². The number of hydrogen-bond acceptors (Lipinski definition) is 3. The Hall–Kier alpha value is -1.59. The van der Waals surface area contributed by atoms with E-state index in [2.05, 4.69) is 31.4 Å². The third-order valence-electron chi connectivity index (χ3n) is 6.28. The Kier molecular flexibility index (Phi) is 8.97. The zero-order chi connectivity index (χ0) is 20.1. The van der Waals surface area contributed by atoms with Crippen LogP contribution in [-0.4, -0.2) is 42.9 Å². The topological polar surface area (TPSA) is 61.4 Å². The molecule has 0 aromatic heterocycles. The van der Waals surface area contributed by atoms with Gasteiger partial charge in [-0.2, -0.15) is 0 Å². The molecule has 162 valence electrons. The van der Waals surface area contributed by atoms with Crippen molar-refractivity contribution >= 4 is 29.9 Å². The molecule has 0 saturated carbocycles. The van der Waals surface area contributed by atoms with Gasteiger partial charge >= 0.3 is 0 Å². The molecule has 0 spiro atoms. The van der Waals surface area contributed by atoms with Crippen LogP contribution in [0.15, 0.2) is 24.3 Å². The normalized spacial score (nSPS) is 23.8. The van der Waals surface area contributed by atoms with Crippen molar-refractivity contribution in [2.45, 2.75) is 46.5 Å². The highest BCUT2D eigenvalue weighted by Gasteiger charge is 2.28. The van der Waals surface area contributed by atoms with Crippen LogP contribution in [0.3, 0.4) is 0 Å². The number of nitrogens with zero attached hydrogens (tertiary/aromatic N) is 1. The van der Waals surface area contributed by atoms with Crippen LogP contribution in [0.1, 0.15) is 56.8 Å². The highest BCUT2D eigenvalue weighted by atomic mass is 35.5. The molecule has 2 heterocycles. The number of carbonyl (C=O) groups is 2. The minimum Gasteiger partial charge on any atom is -0.338 e. The second kappa shape index (κ2) is 11.0. The number of likely N-dealkylation sites (tertiary alicyclic amines) is 1. The molecule has 1 aromatic carbocycles. The molecule has 29 heavy (non-hydrogen) atoms. The lowest BCUT2D eigenvalue weighted by molar-refractivity contribution is -0.117. The number of hydrogen-bond donors (Lipinski definition) is 2. The van der Waals surface area contributed by atoms with Crippen LogP contribution in [0.2, 0.25) is 0 Å². The van der Waals surface area contributed by atoms with Gasteiger partial charge in [0.1, 0.15) is 0 Å². The molecule has 6 heteroatoms. The maximum Gasteiger partial charge on any atom is 0.255 e. The Bertz CT molecular complexity index is 680. The van der Waals surface area contributed by atoms with Crippen molar-refractivity contribution in [3.05, 3.63) is 29.8 Å². The number of carbonyl (C=O) groups excluding carboxylic acids is 2. The Morgan fingerprint density at radius 3 is 2.41 bits per heavy atom. The molecule has 2 fully saturated rings. The second-order valence-corrected chi connectivity index (χ2v) is 9.02. The summed E-state index contributed by atoms with van der Waals surface area (Å²) in [5.74, 6) is 2.02. The van der Waals surface area contributed by atoms with E-state index in [0.29, 0.717) is 41.3 Å². The lowest BCUT2D eigenvalue weighted by atomic mass is 9.84. The Morgan fingerprint density at radius 2 is 1.76 bits per heavy atom. The maximum atomic E-state index is 13.1. The van der Waals surface area contributed by atoms with Gasteiger partial charge in [-0.05, 0) is 68.2 Å². The fraction of sp³-hybridized carbons (Fsp3) is 0.652. The van der Waals surface area contributed by atoms with Crippen LogP contribution in [0.25, 0.3) is 0 Å². The second-order valence-electron chi connectivity index (χ2n) is 9.02. The molecule has 3 atom stereocenters. The zero-order valence-electron chi connectivity index (χ0n) is 17.9. The van der Waals surface area contributed by atoms with E-state index in [0.717, 1.165) is 45.4 Å². The molecule has 2 aliphatic heterocycles. The first-order valence-corrected chi connectivity index (χ1v) is 10.8. The van der Waals surface area contributed by atoms with Gasteiger partial charge in [0.25, 0.3) is 5.91 Å². The van der Waals surface area contributed by atoms with Gasteiger partial charge in [-0.1, -0.05) is 32.9 Å². The number of para-hydroxylation sites is 1. The van der Waals surface area contributed by atoms with Gasteiger partial charge in [-0.3, -0.25) is 9.59 Å². The molecule has 0 bridgehead atoms.